The predicted octanol–water partition coefficient (Wildman–Crippen LogP) is 8.08. The Bertz CT molecular complexity index is 1320. The molecule has 4 aromatic carbocycles. The third-order valence-electron chi connectivity index (χ3n) is 4.85. The molecule has 0 aromatic heterocycles. The molecule has 0 radical (unpaired) electrons. The largest absolute Gasteiger partial charge is 0.481 e. The summed E-state index contributed by atoms with van der Waals surface area (Å²) in [5, 5.41) is 2.83. The van der Waals surface area contributed by atoms with Crippen LogP contribution in [0.5, 0.6) is 17.2 Å². The molecule has 0 bridgehead atoms. The molecule has 0 saturated carbocycles. The van der Waals surface area contributed by atoms with Crippen LogP contribution in [0, 0.1) is 6.92 Å². The van der Waals surface area contributed by atoms with Gasteiger partial charge in [0.25, 0.3) is 5.91 Å². The predicted molar refractivity (Wildman–Crippen MR) is 147 cm³/mol. The molecule has 0 unspecified atom stereocenters. The highest BCUT2D eigenvalue weighted by Gasteiger charge is 2.11. The van der Waals surface area contributed by atoms with E-state index in [1.54, 1.807) is 6.21 Å². The SMILES string of the molecule is Cc1cccc(NC(=O)COc2c(Br)cc(C=Nc3ccc(Oc4ccccc4)cc3)cc2Br)c1. The first-order valence-corrected chi connectivity index (χ1v) is 12.4. The zero-order valence-electron chi connectivity index (χ0n) is 18.9. The number of anilines is 1. The van der Waals surface area contributed by atoms with Crippen LogP contribution in [0.1, 0.15) is 11.1 Å². The van der Waals surface area contributed by atoms with Crippen LogP contribution in [-0.4, -0.2) is 18.7 Å². The van der Waals surface area contributed by atoms with Gasteiger partial charge in [0.1, 0.15) is 17.2 Å². The zero-order valence-corrected chi connectivity index (χ0v) is 22.0. The van der Waals surface area contributed by atoms with Crippen LogP contribution in [0.3, 0.4) is 0 Å². The topological polar surface area (TPSA) is 59.9 Å². The van der Waals surface area contributed by atoms with Gasteiger partial charge in [0.2, 0.25) is 0 Å². The summed E-state index contributed by atoms with van der Waals surface area (Å²) in [6.45, 7) is 1.86. The number of rotatable bonds is 8. The molecule has 0 saturated heterocycles. The number of hydrogen-bond acceptors (Lipinski definition) is 4. The number of carbonyl (C=O) groups excluding carboxylic acids is 1. The van der Waals surface area contributed by atoms with E-state index in [9.17, 15) is 4.79 Å². The van der Waals surface area contributed by atoms with Gasteiger partial charge in [-0.3, -0.25) is 9.79 Å². The van der Waals surface area contributed by atoms with E-state index < -0.39 is 0 Å². The van der Waals surface area contributed by atoms with Crippen LogP contribution >= 0.6 is 31.9 Å². The normalized spacial score (nSPS) is 10.8. The summed E-state index contributed by atoms with van der Waals surface area (Å²) in [7, 11) is 0. The van der Waals surface area contributed by atoms with Gasteiger partial charge in [-0.2, -0.15) is 0 Å². The molecule has 0 heterocycles. The van der Waals surface area contributed by atoms with Crippen molar-refractivity contribution in [1.29, 1.82) is 0 Å². The lowest BCUT2D eigenvalue weighted by Gasteiger charge is -2.12. The zero-order chi connectivity index (χ0) is 24.6. The molecule has 0 fully saturated rings. The van der Waals surface area contributed by atoms with Crippen molar-refractivity contribution in [3.63, 3.8) is 0 Å². The first kappa shape index (κ1) is 24.7. The fraction of sp³-hybridized carbons (Fsp3) is 0.0714. The maximum absolute atomic E-state index is 12.3. The maximum atomic E-state index is 12.3. The first-order valence-electron chi connectivity index (χ1n) is 10.8. The van der Waals surface area contributed by atoms with Crippen molar-refractivity contribution < 1.29 is 14.3 Å². The number of hydrogen-bond donors (Lipinski definition) is 1. The Balaban J connectivity index is 1.36. The number of para-hydroxylation sites is 1. The molecular weight excluding hydrogens is 572 g/mol. The lowest BCUT2D eigenvalue weighted by molar-refractivity contribution is -0.118. The van der Waals surface area contributed by atoms with E-state index in [0.29, 0.717) is 14.7 Å². The molecule has 1 N–H and O–H groups in total. The van der Waals surface area contributed by atoms with E-state index in [1.807, 2.05) is 97.9 Å². The van der Waals surface area contributed by atoms with Gasteiger partial charge >= 0.3 is 0 Å². The number of nitrogens with zero attached hydrogens (tertiary/aromatic N) is 1. The van der Waals surface area contributed by atoms with Crippen molar-refractivity contribution >= 4 is 55.4 Å². The van der Waals surface area contributed by atoms with Crippen molar-refractivity contribution in [2.24, 2.45) is 4.99 Å². The van der Waals surface area contributed by atoms with Crippen LogP contribution < -0.4 is 14.8 Å². The number of nitrogens with one attached hydrogen (secondary N) is 1. The third kappa shape index (κ3) is 7.28. The van der Waals surface area contributed by atoms with Crippen molar-refractivity contribution in [2.75, 3.05) is 11.9 Å². The van der Waals surface area contributed by atoms with Crippen LogP contribution in [-0.2, 0) is 4.79 Å². The fourth-order valence-electron chi connectivity index (χ4n) is 3.22. The van der Waals surface area contributed by atoms with E-state index in [2.05, 4.69) is 42.2 Å². The lowest BCUT2D eigenvalue weighted by atomic mass is 10.2. The minimum Gasteiger partial charge on any atom is -0.481 e. The van der Waals surface area contributed by atoms with Crippen molar-refractivity contribution in [1.82, 2.24) is 0 Å². The number of benzene rings is 4. The molecule has 0 atom stereocenters. The monoisotopic (exact) mass is 592 g/mol. The van der Waals surface area contributed by atoms with E-state index >= 15 is 0 Å². The van der Waals surface area contributed by atoms with Gasteiger partial charge in [0.05, 0.1) is 14.6 Å². The lowest BCUT2D eigenvalue weighted by Crippen LogP contribution is -2.20. The molecule has 0 aliphatic carbocycles. The highest BCUT2D eigenvalue weighted by atomic mass is 79.9. The van der Waals surface area contributed by atoms with Gasteiger partial charge in [-0.1, -0.05) is 30.3 Å². The molecular formula is C28H22Br2N2O3. The Morgan fingerprint density at radius 3 is 2.26 bits per heavy atom. The van der Waals surface area contributed by atoms with Crippen LogP contribution in [0.25, 0.3) is 0 Å². The molecule has 35 heavy (non-hydrogen) atoms. The summed E-state index contributed by atoms with van der Waals surface area (Å²) in [6, 6.07) is 28.6. The minimum absolute atomic E-state index is 0.115. The smallest absolute Gasteiger partial charge is 0.262 e. The average molecular weight is 594 g/mol. The Hall–Kier alpha value is -3.42. The molecule has 1 amide bonds. The Morgan fingerprint density at radius 2 is 1.57 bits per heavy atom. The van der Waals surface area contributed by atoms with Crippen LogP contribution in [0.4, 0.5) is 11.4 Å². The maximum Gasteiger partial charge on any atom is 0.262 e. The molecule has 4 aromatic rings. The molecule has 5 nitrogen and oxygen atoms in total. The van der Waals surface area contributed by atoms with Crippen LogP contribution in [0.15, 0.2) is 105 Å². The highest BCUT2D eigenvalue weighted by molar-refractivity contribution is 9.11. The number of carbonyl (C=O) groups is 1. The summed E-state index contributed by atoms with van der Waals surface area (Å²) >= 11 is 7.05. The second kappa shape index (κ2) is 11.8. The van der Waals surface area contributed by atoms with Crippen molar-refractivity contribution in [3.05, 3.63) is 111 Å². The molecule has 4 rings (SSSR count). The number of ether oxygens (including phenoxy) is 2. The van der Waals surface area contributed by atoms with E-state index in [0.717, 1.165) is 34.0 Å². The summed E-state index contributed by atoms with van der Waals surface area (Å²) in [4.78, 5) is 16.8. The summed E-state index contributed by atoms with van der Waals surface area (Å²) in [5.74, 6) is 1.84. The molecule has 0 aliphatic rings. The van der Waals surface area contributed by atoms with Gasteiger partial charge in [-0.25, -0.2) is 0 Å². The van der Waals surface area contributed by atoms with E-state index in [4.69, 9.17) is 9.47 Å². The quantitative estimate of drug-likeness (QED) is 0.210. The number of halogens is 2. The third-order valence-corrected chi connectivity index (χ3v) is 6.03. The molecule has 0 aliphatic heterocycles. The van der Waals surface area contributed by atoms with E-state index in [1.165, 1.54) is 0 Å². The van der Waals surface area contributed by atoms with E-state index in [-0.39, 0.29) is 12.5 Å². The first-order chi connectivity index (χ1) is 17.0. The average Bonchev–Trinajstić information content (AvgIpc) is 2.84. The van der Waals surface area contributed by atoms with Gasteiger partial charge in [-0.15, -0.1) is 0 Å². The Morgan fingerprint density at radius 1 is 0.886 bits per heavy atom. The number of aryl methyl sites for hydroxylation is 1. The fourth-order valence-corrected chi connectivity index (χ4v) is 4.67. The molecule has 7 heteroatoms. The van der Waals surface area contributed by atoms with Gasteiger partial charge in [0, 0.05) is 11.9 Å². The minimum atomic E-state index is -0.236. The standard InChI is InChI=1S/C28H22Br2N2O3/c1-19-6-5-7-22(14-19)32-27(33)18-34-28-25(29)15-20(16-26(28)30)17-31-21-10-12-24(13-11-21)35-23-8-3-2-4-9-23/h2-17H,18H2,1H3,(H,32,33). The second-order valence-electron chi connectivity index (χ2n) is 7.69. The van der Waals surface area contributed by atoms with Crippen LogP contribution in [0.2, 0.25) is 0 Å². The second-order valence-corrected chi connectivity index (χ2v) is 9.40. The van der Waals surface area contributed by atoms with Crippen molar-refractivity contribution in [3.8, 4) is 17.2 Å². The Labute approximate surface area is 221 Å². The van der Waals surface area contributed by atoms with Crippen molar-refractivity contribution in [2.45, 2.75) is 6.92 Å². The van der Waals surface area contributed by atoms with Gasteiger partial charge in [-0.05, 0) is 111 Å². The van der Waals surface area contributed by atoms with Gasteiger partial charge in [0.15, 0.2) is 6.61 Å². The summed E-state index contributed by atoms with van der Waals surface area (Å²) < 4.78 is 13.0. The summed E-state index contributed by atoms with van der Waals surface area (Å²) in [5.41, 5.74) is 3.47. The molecule has 0 spiro atoms. The van der Waals surface area contributed by atoms with Gasteiger partial charge < -0.3 is 14.8 Å². The Kier molecular flexibility index (Phi) is 8.34. The number of amides is 1. The number of aliphatic imine (C=N–C) groups is 1. The summed E-state index contributed by atoms with van der Waals surface area (Å²) in [6.07, 6.45) is 1.76. The highest BCUT2D eigenvalue weighted by Crippen LogP contribution is 2.34. The molecule has 176 valence electrons.